The second-order valence-electron chi connectivity index (χ2n) is 5.51. The summed E-state index contributed by atoms with van der Waals surface area (Å²) in [6.45, 7) is 6.63. The summed E-state index contributed by atoms with van der Waals surface area (Å²) in [6.07, 6.45) is 8.36. The molecule has 2 rings (SSSR count). The molecule has 1 aliphatic carbocycles. The van der Waals surface area contributed by atoms with E-state index in [1.807, 2.05) is 0 Å². The van der Waals surface area contributed by atoms with Gasteiger partial charge in [-0.25, -0.2) is 0 Å². The fourth-order valence-corrected chi connectivity index (χ4v) is 2.69. The maximum atomic E-state index is 5.86. The highest BCUT2D eigenvalue weighted by Crippen LogP contribution is 2.19. The summed E-state index contributed by atoms with van der Waals surface area (Å²) < 4.78 is 5.33. The Morgan fingerprint density at radius 1 is 1.40 bits per heavy atom. The van der Waals surface area contributed by atoms with Crippen molar-refractivity contribution in [1.29, 1.82) is 0 Å². The third-order valence-electron chi connectivity index (χ3n) is 3.91. The average Bonchev–Trinajstić information content (AvgIpc) is 2.98. The van der Waals surface area contributed by atoms with Crippen LogP contribution >= 0.6 is 0 Å². The molecule has 0 saturated carbocycles. The van der Waals surface area contributed by atoms with Crippen molar-refractivity contribution in [1.82, 2.24) is 10.2 Å². The largest absolute Gasteiger partial charge is 0.379 e. The first-order valence-corrected chi connectivity index (χ1v) is 7.86. The standard InChI is InChI=1S/C15H28N4O/c16-15(18-8-6-14-4-1-2-5-14)17-7-3-9-19-10-12-20-13-11-19/h4H,1-3,5-13H2,(H3,16,17,18). The molecule has 0 aromatic heterocycles. The van der Waals surface area contributed by atoms with Crippen molar-refractivity contribution in [2.45, 2.75) is 32.1 Å². The number of guanidine groups is 1. The van der Waals surface area contributed by atoms with Crippen LogP contribution < -0.4 is 11.1 Å². The summed E-state index contributed by atoms with van der Waals surface area (Å²) in [5.41, 5.74) is 7.43. The van der Waals surface area contributed by atoms with E-state index in [1.54, 1.807) is 5.57 Å². The molecule has 5 heteroatoms. The van der Waals surface area contributed by atoms with Crippen LogP contribution in [0.15, 0.2) is 16.6 Å². The number of ether oxygens (including phenoxy) is 1. The van der Waals surface area contributed by atoms with Gasteiger partial charge in [-0.1, -0.05) is 11.6 Å². The first-order chi connectivity index (χ1) is 9.84. The number of nitrogens with two attached hydrogens (primary N) is 1. The van der Waals surface area contributed by atoms with Gasteiger partial charge in [0.05, 0.1) is 13.2 Å². The highest BCUT2D eigenvalue weighted by molar-refractivity contribution is 5.77. The highest BCUT2D eigenvalue weighted by Gasteiger charge is 2.08. The fraction of sp³-hybridized carbons (Fsp3) is 0.800. The molecular formula is C15H28N4O. The minimum Gasteiger partial charge on any atom is -0.379 e. The maximum Gasteiger partial charge on any atom is 0.188 e. The van der Waals surface area contributed by atoms with Crippen LogP contribution in [0.5, 0.6) is 0 Å². The van der Waals surface area contributed by atoms with Gasteiger partial charge in [0.2, 0.25) is 0 Å². The van der Waals surface area contributed by atoms with Crippen LogP contribution in [0.2, 0.25) is 0 Å². The third-order valence-corrected chi connectivity index (χ3v) is 3.91. The molecule has 1 fully saturated rings. The monoisotopic (exact) mass is 280 g/mol. The molecule has 0 bridgehead atoms. The molecule has 2 aliphatic rings. The fourth-order valence-electron chi connectivity index (χ4n) is 2.69. The maximum absolute atomic E-state index is 5.86. The summed E-state index contributed by atoms with van der Waals surface area (Å²) in [7, 11) is 0. The molecule has 0 spiro atoms. The number of hydrogen-bond donors (Lipinski definition) is 2. The number of rotatable bonds is 7. The van der Waals surface area contributed by atoms with Crippen molar-refractivity contribution >= 4 is 5.96 Å². The number of allylic oxidation sites excluding steroid dienone is 1. The quantitative estimate of drug-likeness (QED) is 0.317. The molecule has 1 saturated heterocycles. The normalized spacial score (nSPS) is 21.0. The number of morpholine rings is 1. The minimum atomic E-state index is 0.588. The van der Waals surface area contributed by atoms with E-state index in [0.717, 1.165) is 58.8 Å². The van der Waals surface area contributed by atoms with Crippen molar-refractivity contribution in [3.63, 3.8) is 0 Å². The van der Waals surface area contributed by atoms with Crippen LogP contribution in [-0.2, 0) is 4.74 Å². The van der Waals surface area contributed by atoms with Crippen LogP contribution in [0.25, 0.3) is 0 Å². The molecule has 1 heterocycles. The van der Waals surface area contributed by atoms with E-state index < -0.39 is 0 Å². The first-order valence-electron chi connectivity index (χ1n) is 7.86. The van der Waals surface area contributed by atoms with Crippen LogP contribution in [0.3, 0.4) is 0 Å². The van der Waals surface area contributed by atoms with E-state index in [1.165, 1.54) is 19.3 Å². The van der Waals surface area contributed by atoms with E-state index in [0.29, 0.717) is 5.96 Å². The summed E-state index contributed by atoms with van der Waals surface area (Å²) in [6, 6.07) is 0. The molecule has 20 heavy (non-hydrogen) atoms. The average molecular weight is 280 g/mol. The highest BCUT2D eigenvalue weighted by atomic mass is 16.5. The Balaban J connectivity index is 1.49. The second kappa shape index (κ2) is 8.97. The lowest BCUT2D eigenvalue weighted by molar-refractivity contribution is 0.0377. The van der Waals surface area contributed by atoms with E-state index in [9.17, 15) is 0 Å². The Morgan fingerprint density at radius 2 is 2.25 bits per heavy atom. The Kier molecular flexibility index (Phi) is 6.88. The molecule has 0 aromatic rings. The van der Waals surface area contributed by atoms with Gasteiger partial charge in [-0.05, 0) is 32.1 Å². The first kappa shape index (κ1) is 15.3. The zero-order chi connectivity index (χ0) is 14.0. The van der Waals surface area contributed by atoms with E-state index in [2.05, 4.69) is 21.3 Å². The number of hydrogen-bond acceptors (Lipinski definition) is 3. The number of aliphatic imine (C=N–C) groups is 1. The Bertz CT molecular complexity index is 335. The molecule has 0 aromatic carbocycles. The van der Waals surface area contributed by atoms with E-state index >= 15 is 0 Å². The topological polar surface area (TPSA) is 62.9 Å². The van der Waals surface area contributed by atoms with Crippen molar-refractivity contribution in [3.05, 3.63) is 11.6 Å². The van der Waals surface area contributed by atoms with Gasteiger partial charge in [0.1, 0.15) is 0 Å². The van der Waals surface area contributed by atoms with Crippen LogP contribution in [0.1, 0.15) is 32.1 Å². The SMILES string of the molecule is NC(=NCCCN1CCOCC1)NCCC1=CCCC1. The van der Waals surface area contributed by atoms with Crippen molar-refractivity contribution < 1.29 is 4.74 Å². The molecule has 5 nitrogen and oxygen atoms in total. The van der Waals surface area contributed by atoms with Gasteiger partial charge < -0.3 is 15.8 Å². The molecular weight excluding hydrogens is 252 g/mol. The van der Waals surface area contributed by atoms with Crippen molar-refractivity contribution in [2.24, 2.45) is 10.7 Å². The summed E-state index contributed by atoms with van der Waals surface area (Å²) in [5, 5.41) is 3.20. The Labute approximate surface area is 122 Å². The Morgan fingerprint density at radius 3 is 3.00 bits per heavy atom. The lowest BCUT2D eigenvalue weighted by Gasteiger charge is -2.26. The zero-order valence-electron chi connectivity index (χ0n) is 12.4. The van der Waals surface area contributed by atoms with Crippen LogP contribution in [-0.4, -0.2) is 56.8 Å². The lowest BCUT2D eigenvalue weighted by Crippen LogP contribution is -2.37. The van der Waals surface area contributed by atoms with Gasteiger partial charge in [0, 0.05) is 32.7 Å². The predicted molar refractivity (Wildman–Crippen MR) is 82.9 cm³/mol. The zero-order valence-corrected chi connectivity index (χ0v) is 12.4. The molecule has 114 valence electrons. The van der Waals surface area contributed by atoms with Gasteiger partial charge in [-0.3, -0.25) is 9.89 Å². The molecule has 0 unspecified atom stereocenters. The van der Waals surface area contributed by atoms with Gasteiger partial charge in [-0.15, -0.1) is 0 Å². The molecule has 1 aliphatic heterocycles. The Hall–Kier alpha value is -1.07. The van der Waals surface area contributed by atoms with Crippen LogP contribution in [0.4, 0.5) is 0 Å². The lowest BCUT2D eigenvalue weighted by atomic mass is 10.2. The van der Waals surface area contributed by atoms with Gasteiger partial charge >= 0.3 is 0 Å². The summed E-state index contributed by atoms with van der Waals surface area (Å²) in [4.78, 5) is 6.80. The smallest absolute Gasteiger partial charge is 0.188 e. The molecule has 0 atom stereocenters. The molecule has 3 N–H and O–H groups in total. The molecule has 0 radical (unpaired) electrons. The summed E-state index contributed by atoms with van der Waals surface area (Å²) in [5.74, 6) is 0.588. The van der Waals surface area contributed by atoms with Gasteiger partial charge in [-0.2, -0.15) is 0 Å². The minimum absolute atomic E-state index is 0.588. The number of nitrogens with one attached hydrogen (secondary N) is 1. The van der Waals surface area contributed by atoms with Crippen molar-refractivity contribution in [2.75, 3.05) is 45.9 Å². The van der Waals surface area contributed by atoms with Gasteiger partial charge in [0.15, 0.2) is 5.96 Å². The number of nitrogens with zero attached hydrogens (tertiary/aromatic N) is 2. The van der Waals surface area contributed by atoms with E-state index in [-0.39, 0.29) is 0 Å². The van der Waals surface area contributed by atoms with Gasteiger partial charge in [0.25, 0.3) is 0 Å². The molecule has 0 amide bonds. The summed E-state index contributed by atoms with van der Waals surface area (Å²) >= 11 is 0. The van der Waals surface area contributed by atoms with Crippen LogP contribution in [0, 0.1) is 0 Å². The predicted octanol–water partition coefficient (Wildman–Crippen LogP) is 1.11. The third kappa shape index (κ3) is 5.92. The second-order valence-corrected chi connectivity index (χ2v) is 5.51. The van der Waals surface area contributed by atoms with E-state index in [4.69, 9.17) is 10.5 Å². The van der Waals surface area contributed by atoms with Crippen molar-refractivity contribution in [3.8, 4) is 0 Å².